The molecule has 1 amide bonds. The van der Waals surface area contributed by atoms with Crippen LogP contribution in [-0.4, -0.2) is 64.9 Å². The van der Waals surface area contributed by atoms with E-state index >= 15 is 0 Å². The van der Waals surface area contributed by atoms with Crippen molar-refractivity contribution in [2.24, 2.45) is 0 Å². The largest absolute Gasteiger partial charge is 0.379 e. The van der Waals surface area contributed by atoms with Crippen LogP contribution in [0.4, 0.5) is 0 Å². The van der Waals surface area contributed by atoms with Crippen LogP contribution in [0, 0.1) is 0 Å². The second kappa shape index (κ2) is 7.77. The van der Waals surface area contributed by atoms with Gasteiger partial charge < -0.3 is 10.1 Å². The lowest BCUT2D eigenvalue weighted by Gasteiger charge is -2.40. The minimum absolute atomic E-state index is 0.0309. The van der Waals surface area contributed by atoms with Crippen molar-refractivity contribution in [3.63, 3.8) is 0 Å². The van der Waals surface area contributed by atoms with Crippen LogP contribution in [0.1, 0.15) is 13.8 Å². The van der Waals surface area contributed by atoms with Crippen LogP contribution in [0.15, 0.2) is 22.8 Å². The Hall–Kier alpha value is -1.22. The molecule has 0 radical (unpaired) electrons. The second-order valence-electron chi connectivity index (χ2n) is 6.30. The first-order chi connectivity index (χ1) is 11.6. The molecule has 1 fully saturated rings. The zero-order chi connectivity index (χ0) is 17.0. The predicted molar refractivity (Wildman–Crippen MR) is 97.6 cm³/mol. The third kappa shape index (κ3) is 4.24. The van der Waals surface area contributed by atoms with Gasteiger partial charge in [-0.2, -0.15) is 0 Å². The van der Waals surface area contributed by atoms with Crippen LogP contribution in [0.5, 0.6) is 0 Å². The molecule has 0 aromatic carbocycles. The van der Waals surface area contributed by atoms with E-state index in [9.17, 15) is 4.79 Å². The number of thioether (sulfide) groups is 1. The highest BCUT2D eigenvalue weighted by Gasteiger charge is 2.28. The summed E-state index contributed by atoms with van der Waals surface area (Å²) in [5.74, 6) is 0.393. The lowest BCUT2D eigenvalue weighted by Crippen LogP contribution is -2.55. The molecule has 0 aliphatic carbocycles. The Labute approximate surface area is 150 Å². The molecule has 0 spiro atoms. The molecule has 24 heavy (non-hydrogen) atoms. The van der Waals surface area contributed by atoms with Crippen molar-refractivity contribution in [2.75, 3.05) is 38.6 Å². The molecular formula is C16H22N4O2S2. The van der Waals surface area contributed by atoms with Crippen LogP contribution < -0.4 is 5.32 Å². The summed E-state index contributed by atoms with van der Waals surface area (Å²) in [5, 5.41) is 6.93. The third-order valence-electron chi connectivity index (χ3n) is 4.15. The van der Waals surface area contributed by atoms with E-state index in [2.05, 4.69) is 34.0 Å². The first-order valence-corrected chi connectivity index (χ1v) is 9.83. The van der Waals surface area contributed by atoms with E-state index in [0.717, 1.165) is 41.5 Å². The van der Waals surface area contributed by atoms with Gasteiger partial charge in [-0.25, -0.2) is 9.97 Å². The summed E-state index contributed by atoms with van der Waals surface area (Å²) >= 11 is 3.04. The molecule has 130 valence electrons. The number of carbonyl (C=O) groups excluding carboxylic acids is 1. The molecule has 3 rings (SSSR count). The molecule has 2 aromatic rings. The molecule has 1 aliphatic heterocycles. The van der Waals surface area contributed by atoms with Gasteiger partial charge in [-0.05, 0) is 25.3 Å². The van der Waals surface area contributed by atoms with Gasteiger partial charge in [0.05, 0.1) is 19.0 Å². The highest BCUT2D eigenvalue weighted by Crippen LogP contribution is 2.27. The number of hydrogen-bond donors (Lipinski definition) is 1. The number of thiophene rings is 1. The SMILES string of the molecule is CC(C)(CNC(=O)CSc1ncnc2sccc12)N1CCOCC1. The molecule has 1 saturated heterocycles. The lowest BCUT2D eigenvalue weighted by molar-refractivity contribution is -0.119. The van der Waals surface area contributed by atoms with Crippen molar-refractivity contribution in [3.05, 3.63) is 17.8 Å². The van der Waals surface area contributed by atoms with E-state index in [4.69, 9.17) is 4.74 Å². The average Bonchev–Trinajstić information content (AvgIpc) is 3.08. The van der Waals surface area contributed by atoms with Gasteiger partial charge in [0.2, 0.25) is 5.91 Å². The second-order valence-corrected chi connectivity index (χ2v) is 8.15. The summed E-state index contributed by atoms with van der Waals surface area (Å²) in [6.07, 6.45) is 1.56. The zero-order valence-corrected chi connectivity index (χ0v) is 15.6. The number of amides is 1. The smallest absolute Gasteiger partial charge is 0.230 e. The molecular weight excluding hydrogens is 344 g/mol. The Morgan fingerprint density at radius 1 is 1.42 bits per heavy atom. The van der Waals surface area contributed by atoms with Gasteiger partial charge in [0.1, 0.15) is 16.2 Å². The summed E-state index contributed by atoms with van der Waals surface area (Å²) in [5.41, 5.74) is -0.0698. The van der Waals surface area contributed by atoms with Crippen molar-refractivity contribution in [3.8, 4) is 0 Å². The number of nitrogens with one attached hydrogen (secondary N) is 1. The number of fused-ring (bicyclic) bond motifs is 1. The van der Waals surface area contributed by atoms with Crippen molar-refractivity contribution in [2.45, 2.75) is 24.4 Å². The van der Waals surface area contributed by atoms with E-state index in [1.807, 2.05) is 11.4 Å². The highest BCUT2D eigenvalue weighted by molar-refractivity contribution is 8.00. The quantitative estimate of drug-likeness (QED) is 0.623. The molecule has 2 aromatic heterocycles. The maximum Gasteiger partial charge on any atom is 0.230 e. The molecule has 0 unspecified atom stereocenters. The van der Waals surface area contributed by atoms with Crippen molar-refractivity contribution in [1.29, 1.82) is 0 Å². The van der Waals surface area contributed by atoms with Gasteiger partial charge in [0, 0.05) is 30.6 Å². The van der Waals surface area contributed by atoms with Crippen LogP contribution in [-0.2, 0) is 9.53 Å². The first-order valence-electron chi connectivity index (χ1n) is 7.97. The van der Waals surface area contributed by atoms with Crippen molar-refractivity contribution in [1.82, 2.24) is 20.2 Å². The predicted octanol–water partition coefficient (Wildman–Crippen LogP) is 2.01. The van der Waals surface area contributed by atoms with E-state index in [0.29, 0.717) is 12.3 Å². The number of rotatable bonds is 6. The lowest BCUT2D eigenvalue weighted by atomic mass is 10.0. The number of ether oxygens (including phenoxy) is 1. The maximum atomic E-state index is 12.2. The van der Waals surface area contributed by atoms with E-state index < -0.39 is 0 Å². The van der Waals surface area contributed by atoms with Gasteiger partial charge in [-0.1, -0.05) is 11.8 Å². The first kappa shape index (κ1) is 17.6. The van der Waals surface area contributed by atoms with Gasteiger partial charge in [-0.15, -0.1) is 11.3 Å². The fourth-order valence-corrected chi connectivity index (χ4v) is 4.27. The third-order valence-corrected chi connectivity index (χ3v) is 5.98. The molecule has 3 heterocycles. The zero-order valence-electron chi connectivity index (χ0n) is 13.9. The Bertz CT molecular complexity index is 698. The van der Waals surface area contributed by atoms with Crippen LogP contribution in [0.3, 0.4) is 0 Å². The maximum absolute atomic E-state index is 12.2. The summed E-state index contributed by atoms with van der Waals surface area (Å²) in [6, 6.07) is 2.00. The Kier molecular flexibility index (Phi) is 5.70. The van der Waals surface area contributed by atoms with Crippen LogP contribution in [0.25, 0.3) is 10.2 Å². The van der Waals surface area contributed by atoms with E-state index in [-0.39, 0.29) is 11.4 Å². The Balaban J connectivity index is 1.49. The minimum Gasteiger partial charge on any atom is -0.379 e. The molecule has 0 bridgehead atoms. The monoisotopic (exact) mass is 366 g/mol. The molecule has 1 aliphatic rings. The molecule has 1 N–H and O–H groups in total. The summed E-state index contributed by atoms with van der Waals surface area (Å²) in [7, 11) is 0. The summed E-state index contributed by atoms with van der Waals surface area (Å²) < 4.78 is 5.39. The number of aromatic nitrogens is 2. The Morgan fingerprint density at radius 2 is 2.21 bits per heavy atom. The minimum atomic E-state index is -0.0698. The molecule has 0 atom stereocenters. The van der Waals surface area contributed by atoms with Gasteiger partial charge in [0.15, 0.2) is 0 Å². The number of carbonyl (C=O) groups is 1. The number of morpholine rings is 1. The highest BCUT2D eigenvalue weighted by atomic mass is 32.2. The van der Waals surface area contributed by atoms with Gasteiger partial charge in [-0.3, -0.25) is 9.69 Å². The number of nitrogens with zero attached hydrogens (tertiary/aromatic N) is 3. The van der Waals surface area contributed by atoms with Gasteiger partial charge in [0.25, 0.3) is 0 Å². The molecule has 0 saturated carbocycles. The summed E-state index contributed by atoms with van der Waals surface area (Å²) in [6.45, 7) is 8.29. The fourth-order valence-electron chi connectivity index (χ4n) is 2.66. The normalized spacial score (nSPS) is 16.4. The van der Waals surface area contributed by atoms with Gasteiger partial charge >= 0.3 is 0 Å². The standard InChI is InChI=1S/C16H22N4O2S2/c1-16(2,20-4-6-22-7-5-20)10-17-13(21)9-24-15-12-3-8-23-14(12)18-11-19-15/h3,8,11H,4-7,9-10H2,1-2H3,(H,17,21). The fraction of sp³-hybridized carbons (Fsp3) is 0.562. The summed E-state index contributed by atoms with van der Waals surface area (Å²) in [4.78, 5) is 24.0. The van der Waals surface area contributed by atoms with Crippen molar-refractivity contribution < 1.29 is 9.53 Å². The Morgan fingerprint density at radius 3 is 3.00 bits per heavy atom. The molecule has 8 heteroatoms. The average molecular weight is 367 g/mol. The van der Waals surface area contributed by atoms with E-state index in [1.54, 1.807) is 17.7 Å². The van der Waals surface area contributed by atoms with E-state index in [1.165, 1.54) is 11.8 Å². The molecule has 6 nitrogen and oxygen atoms in total. The topological polar surface area (TPSA) is 67.4 Å². The number of hydrogen-bond acceptors (Lipinski definition) is 7. The van der Waals surface area contributed by atoms with Crippen LogP contribution >= 0.6 is 23.1 Å². The van der Waals surface area contributed by atoms with Crippen molar-refractivity contribution >= 4 is 39.2 Å². The van der Waals surface area contributed by atoms with Crippen LogP contribution in [0.2, 0.25) is 0 Å².